The topological polar surface area (TPSA) is 121 Å². The van der Waals surface area contributed by atoms with Gasteiger partial charge in [0.15, 0.2) is 6.04 Å². The molecular formula is C19H17NO7. The molecule has 0 fully saturated rings. The Morgan fingerprint density at radius 2 is 1.44 bits per heavy atom. The Morgan fingerprint density at radius 1 is 0.889 bits per heavy atom. The SMILES string of the molecule is O=C(O)C[C@@H](C(=O)O)N(C(=O)OCc1ccccc1)C(=O)c1ccccc1. The van der Waals surface area contributed by atoms with Gasteiger partial charge in [0.25, 0.3) is 5.91 Å². The van der Waals surface area contributed by atoms with Gasteiger partial charge in [0, 0.05) is 5.56 Å². The lowest BCUT2D eigenvalue weighted by Gasteiger charge is -2.25. The van der Waals surface area contributed by atoms with Gasteiger partial charge in [0.05, 0.1) is 6.42 Å². The van der Waals surface area contributed by atoms with Crippen molar-refractivity contribution in [2.75, 3.05) is 0 Å². The van der Waals surface area contributed by atoms with Gasteiger partial charge in [-0.05, 0) is 17.7 Å². The number of amides is 2. The monoisotopic (exact) mass is 371 g/mol. The Morgan fingerprint density at radius 3 is 1.96 bits per heavy atom. The minimum absolute atomic E-state index is 0.0331. The van der Waals surface area contributed by atoms with Crippen molar-refractivity contribution >= 4 is 23.9 Å². The van der Waals surface area contributed by atoms with E-state index in [-0.39, 0.29) is 12.2 Å². The molecule has 0 unspecified atom stereocenters. The lowest BCUT2D eigenvalue weighted by molar-refractivity contribution is -0.148. The quantitative estimate of drug-likeness (QED) is 0.766. The van der Waals surface area contributed by atoms with Gasteiger partial charge in [-0.1, -0.05) is 48.5 Å². The zero-order valence-corrected chi connectivity index (χ0v) is 14.1. The molecule has 27 heavy (non-hydrogen) atoms. The van der Waals surface area contributed by atoms with Gasteiger partial charge in [-0.3, -0.25) is 9.59 Å². The Labute approximate surface area is 154 Å². The zero-order chi connectivity index (χ0) is 19.8. The highest BCUT2D eigenvalue weighted by Crippen LogP contribution is 2.15. The molecule has 1 atom stereocenters. The van der Waals surface area contributed by atoms with Crippen LogP contribution >= 0.6 is 0 Å². The molecule has 0 saturated heterocycles. The molecule has 0 spiro atoms. The Kier molecular flexibility index (Phi) is 6.65. The van der Waals surface area contributed by atoms with Gasteiger partial charge in [0.2, 0.25) is 0 Å². The van der Waals surface area contributed by atoms with Gasteiger partial charge in [-0.15, -0.1) is 0 Å². The number of aliphatic carboxylic acids is 2. The summed E-state index contributed by atoms with van der Waals surface area (Å²) in [5.74, 6) is -4.05. The number of hydrogen-bond donors (Lipinski definition) is 2. The first-order valence-electron chi connectivity index (χ1n) is 7.94. The van der Waals surface area contributed by atoms with Crippen LogP contribution in [0.25, 0.3) is 0 Å². The maximum Gasteiger partial charge on any atom is 0.417 e. The highest BCUT2D eigenvalue weighted by Gasteiger charge is 2.38. The zero-order valence-electron chi connectivity index (χ0n) is 14.1. The van der Waals surface area contributed by atoms with E-state index in [0.29, 0.717) is 10.5 Å². The molecule has 2 amide bonds. The highest BCUT2D eigenvalue weighted by atomic mass is 16.6. The summed E-state index contributed by atoms with van der Waals surface area (Å²) in [6, 6.07) is 14.2. The van der Waals surface area contributed by atoms with Crippen LogP contribution in [-0.2, 0) is 20.9 Å². The van der Waals surface area contributed by atoms with E-state index in [1.165, 1.54) is 24.3 Å². The van der Waals surface area contributed by atoms with Crippen LogP contribution in [0.5, 0.6) is 0 Å². The summed E-state index contributed by atoms with van der Waals surface area (Å²) in [6.45, 7) is -0.197. The van der Waals surface area contributed by atoms with Crippen molar-refractivity contribution in [2.45, 2.75) is 19.1 Å². The maximum atomic E-state index is 12.7. The lowest BCUT2D eigenvalue weighted by Crippen LogP contribution is -2.49. The second-order valence-corrected chi connectivity index (χ2v) is 5.53. The largest absolute Gasteiger partial charge is 0.481 e. The van der Waals surface area contributed by atoms with Gasteiger partial charge in [-0.25, -0.2) is 14.5 Å². The fraction of sp³-hybridized carbons (Fsp3) is 0.158. The van der Waals surface area contributed by atoms with Gasteiger partial charge in [-0.2, -0.15) is 0 Å². The number of carboxylic acid groups (broad SMARTS) is 2. The van der Waals surface area contributed by atoms with E-state index in [9.17, 15) is 24.3 Å². The number of carboxylic acids is 2. The number of imide groups is 1. The summed E-state index contributed by atoms with van der Waals surface area (Å²) < 4.78 is 5.06. The molecule has 0 bridgehead atoms. The van der Waals surface area contributed by atoms with Crippen molar-refractivity contribution in [2.24, 2.45) is 0 Å². The van der Waals surface area contributed by atoms with E-state index >= 15 is 0 Å². The molecule has 0 aliphatic carbocycles. The summed E-state index contributed by atoms with van der Waals surface area (Å²) in [5, 5.41) is 18.3. The Bertz CT molecular complexity index is 820. The molecule has 2 aromatic rings. The number of ether oxygens (including phenoxy) is 1. The average Bonchev–Trinajstić information content (AvgIpc) is 2.66. The molecule has 2 N–H and O–H groups in total. The first kappa shape index (κ1) is 19.6. The molecule has 2 aromatic carbocycles. The molecule has 8 nitrogen and oxygen atoms in total. The summed E-state index contributed by atoms with van der Waals surface area (Å²) in [4.78, 5) is 48.1. The second kappa shape index (κ2) is 9.14. The number of carbonyl (C=O) groups excluding carboxylic acids is 2. The van der Waals surface area contributed by atoms with E-state index in [4.69, 9.17) is 9.84 Å². The van der Waals surface area contributed by atoms with Crippen molar-refractivity contribution in [1.82, 2.24) is 4.90 Å². The minimum Gasteiger partial charge on any atom is -0.481 e. The Hall–Kier alpha value is -3.68. The van der Waals surface area contributed by atoms with E-state index in [0.717, 1.165) is 0 Å². The molecule has 0 heterocycles. The first-order valence-corrected chi connectivity index (χ1v) is 7.94. The number of hydrogen-bond acceptors (Lipinski definition) is 5. The predicted octanol–water partition coefficient (Wildman–Crippen LogP) is 2.39. The van der Waals surface area contributed by atoms with Crippen molar-refractivity contribution in [3.63, 3.8) is 0 Å². The number of benzene rings is 2. The third-order valence-electron chi connectivity index (χ3n) is 3.61. The molecule has 0 aliphatic heterocycles. The number of carbonyl (C=O) groups is 4. The lowest BCUT2D eigenvalue weighted by atomic mass is 10.1. The van der Waals surface area contributed by atoms with Crippen LogP contribution in [0.4, 0.5) is 4.79 Å². The third kappa shape index (κ3) is 5.40. The van der Waals surface area contributed by atoms with E-state index in [2.05, 4.69) is 0 Å². The standard InChI is InChI=1S/C19H17NO7/c21-16(22)11-15(18(24)25)20(17(23)14-9-5-2-6-10-14)19(26)27-12-13-7-3-1-4-8-13/h1-10,15H,11-12H2,(H,21,22)(H,24,25)/t15-/m0/s1. The predicted molar refractivity (Wildman–Crippen MR) is 92.9 cm³/mol. The molecule has 0 aromatic heterocycles. The van der Waals surface area contributed by atoms with E-state index in [1.54, 1.807) is 36.4 Å². The van der Waals surface area contributed by atoms with E-state index < -0.39 is 36.4 Å². The van der Waals surface area contributed by atoms with Crippen LogP contribution < -0.4 is 0 Å². The number of rotatable bonds is 7. The first-order chi connectivity index (χ1) is 12.9. The second-order valence-electron chi connectivity index (χ2n) is 5.53. The molecule has 0 aliphatic rings. The summed E-state index contributed by atoms with van der Waals surface area (Å²) >= 11 is 0. The molecule has 140 valence electrons. The van der Waals surface area contributed by atoms with Gasteiger partial charge >= 0.3 is 18.0 Å². The molecule has 8 heteroatoms. The molecular weight excluding hydrogens is 354 g/mol. The van der Waals surface area contributed by atoms with Crippen molar-refractivity contribution in [1.29, 1.82) is 0 Å². The summed E-state index contributed by atoms with van der Waals surface area (Å²) in [6.07, 6.45) is -2.18. The van der Waals surface area contributed by atoms with Crippen LogP contribution in [-0.4, -0.2) is 45.1 Å². The van der Waals surface area contributed by atoms with Crippen LogP contribution in [0.3, 0.4) is 0 Å². The fourth-order valence-corrected chi connectivity index (χ4v) is 2.31. The normalized spacial score (nSPS) is 11.3. The van der Waals surface area contributed by atoms with Crippen molar-refractivity contribution in [3.8, 4) is 0 Å². The Balaban J connectivity index is 2.29. The fourth-order valence-electron chi connectivity index (χ4n) is 2.31. The molecule has 0 saturated carbocycles. The summed E-state index contributed by atoms with van der Waals surface area (Å²) in [5.41, 5.74) is 0.661. The van der Waals surface area contributed by atoms with Crippen molar-refractivity contribution < 1.29 is 34.1 Å². The van der Waals surface area contributed by atoms with Crippen molar-refractivity contribution in [3.05, 3.63) is 71.8 Å². The van der Waals surface area contributed by atoms with Gasteiger partial charge in [0.1, 0.15) is 6.61 Å². The van der Waals surface area contributed by atoms with E-state index in [1.807, 2.05) is 0 Å². The molecule has 0 radical (unpaired) electrons. The molecule has 2 rings (SSSR count). The van der Waals surface area contributed by atoms with Crippen LogP contribution in [0.2, 0.25) is 0 Å². The van der Waals surface area contributed by atoms with Gasteiger partial charge < -0.3 is 14.9 Å². The number of nitrogens with zero attached hydrogens (tertiary/aromatic N) is 1. The van der Waals surface area contributed by atoms with Crippen LogP contribution in [0, 0.1) is 0 Å². The third-order valence-corrected chi connectivity index (χ3v) is 3.61. The average molecular weight is 371 g/mol. The summed E-state index contributed by atoms with van der Waals surface area (Å²) in [7, 11) is 0. The minimum atomic E-state index is -1.90. The smallest absolute Gasteiger partial charge is 0.417 e. The van der Waals surface area contributed by atoms with Crippen LogP contribution in [0.1, 0.15) is 22.3 Å². The highest BCUT2D eigenvalue weighted by molar-refractivity contribution is 6.06. The maximum absolute atomic E-state index is 12.7. The van der Waals surface area contributed by atoms with Crippen LogP contribution in [0.15, 0.2) is 60.7 Å².